The number of amides is 1. The van der Waals surface area contributed by atoms with Gasteiger partial charge in [0.05, 0.1) is 12.5 Å². The van der Waals surface area contributed by atoms with Gasteiger partial charge in [0.15, 0.2) is 0 Å². The SMILES string of the molecule is COc1cc(-c2ccc(Cl)cc2SNC(=O)O[C@H](C)c2ccccc2Cl)ccc1-c1ccc(C2(C(=O)O)CC2)cc1. The number of halogens is 2. The summed E-state index contributed by atoms with van der Waals surface area (Å²) >= 11 is 13.6. The smallest absolute Gasteiger partial charge is 0.418 e. The Balaban J connectivity index is 1.34. The third-order valence-electron chi connectivity index (χ3n) is 7.24. The molecule has 4 aromatic carbocycles. The van der Waals surface area contributed by atoms with E-state index in [2.05, 4.69) is 4.72 Å². The van der Waals surface area contributed by atoms with Crippen LogP contribution in [0.2, 0.25) is 10.0 Å². The van der Waals surface area contributed by atoms with Gasteiger partial charge < -0.3 is 14.6 Å². The van der Waals surface area contributed by atoms with Gasteiger partial charge in [0.2, 0.25) is 0 Å². The first-order valence-electron chi connectivity index (χ1n) is 12.9. The number of hydrogen-bond donors (Lipinski definition) is 2. The zero-order chi connectivity index (χ0) is 29.1. The molecule has 41 heavy (non-hydrogen) atoms. The first kappa shape index (κ1) is 28.9. The lowest BCUT2D eigenvalue weighted by Crippen LogP contribution is -2.19. The number of rotatable bonds is 9. The zero-order valence-electron chi connectivity index (χ0n) is 22.3. The average molecular weight is 609 g/mol. The summed E-state index contributed by atoms with van der Waals surface area (Å²) in [5.41, 5.74) is 4.29. The molecule has 1 atom stereocenters. The Hall–Kier alpha value is -3.65. The van der Waals surface area contributed by atoms with Crippen LogP contribution in [0.4, 0.5) is 4.79 Å². The number of hydrogen-bond acceptors (Lipinski definition) is 5. The summed E-state index contributed by atoms with van der Waals surface area (Å²) in [4.78, 5) is 25.0. The molecule has 0 radical (unpaired) electrons. The lowest BCUT2D eigenvalue weighted by molar-refractivity contribution is -0.140. The van der Waals surface area contributed by atoms with Crippen molar-refractivity contribution in [1.82, 2.24) is 4.72 Å². The van der Waals surface area contributed by atoms with E-state index in [9.17, 15) is 14.7 Å². The van der Waals surface area contributed by atoms with Crippen LogP contribution in [0.3, 0.4) is 0 Å². The van der Waals surface area contributed by atoms with E-state index in [0.29, 0.717) is 34.2 Å². The van der Waals surface area contributed by atoms with Crippen molar-refractivity contribution in [2.24, 2.45) is 0 Å². The van der Waals surface area contributed by atoms with E-state index in [0.717, 1.165) is 44.7 Å². The first-order valence-corrected chi connectivity index (χ1v) is 14.5. The maximum Gasteiger partial charge on any atom is 0.418 e. The van der Waals surface area contributed by atoms with E-state index in [1.807, 2.05) is 66.7 Å². The van der Waals surface area contributed by atoms with Crippen LogP contribution in [0.25, 0.3) is 22.3 Å². The minimum Gasteiger partial charge on any atom is -0.496 e. The van der Waals surface area contributed by atoms with Crippen molar-refractivity contribution < 1.29 is 24.2 Å². The highest BCUT2D eigenvalue weighted by atomic mass is 35.5. The van der Waals surface area contributed by atoms with Crippen LogP contribution in [0, 0.1) is 0 Å². The van der Waals surface area contributed by atoms with Crippen molar-refractivity contribution in [3.63, 3.8) is 0 Å². The molecule has 5 rings (SSSR count). The van der Waals surface area contributed by atoms with E-state index >= 15 is 0 Å². The molecule has 0 aliphatic heterocycles. The molecule has 1 fully saturated rings. The Morgan fingerprint density at radius 1 is 0.927 bits per heavy atom. The highest BCUT2D eigenvalue weighted by Gasteiger charge is 2.51. The Bertz CT molecular complexity index is 1600. The molecule has 1 aliphatic rings. The van der Waals surface area contributed by atoms with E-state index in [4.69, 9.17) is 32.7 Å². The number of ether oxygens (including phenoxy) is 2. The van der Waals surface area contributed by atoms with E-state index in [1.54, 1.807) is 32.2 Å². The molecule has 1 amide bonds. The molecule has 6 nitrogen and oxygen atoms in total. The van der Waals surface area contributed by atoms with Crippen molar-refractivity contribution >= 4 is 47.2 Å². The molecular weight excluding hydrogens is 581 g/mol. The fourth-order valence-corrected chi connectivity index (χ4v) is 6.04. The zero-order valence-corrected chi connectivity index (χ0v) is 24.6. The van der Waals surface area contributed by atoms with Crippen LogP contribution in [-0.2, 0) is 14.9 Å². The average Bonchev–Trinajstić information content (AvgIpc) is 3.79. The monoisotopic (exact) mass is 607 g/mol. The van der Waals surface area contributed by atoms with Crippen LogP contribution >= 0.6 is 35.1 Å². The summed E-state index contributed by atoms with van der Waals surface area (Å²) < 4.78 is 14.0. The summed E-state index contributed by atoms with van der Waals surface area (Å²) in [6, 6.07) is 26.1. The highest BCUT2D eigenvalue weighted by molar-refractivity contribution is 7.98. The predicted molar refractivity (Wildman–Crippen MR) is 163 cm³/mol. The number of carbonyl (C=O) groups is 2. The summed E-state index contributed by atoms with van der Waals surface area (Å²) in [7, 11) is 1.61. The standard InChI is InChI=1S/C32H27Cl2NO5S/c1-19(24-5-3-4-6-27(24)34)40-31(38)35-41-29-18-23(33)12-14-26(29)21-9-13-25(28(17-21)39-2)20-7-10-22(11-8-20)32(15-16-32)30(36)37/h3-14,17-19H,15-16H2,1-2H3,(H,35,38)(H,36,37)/t19-/m1/s1. The maximum absolute atomic E-state index is 12.6. The van der Waals surface area contributed by atoms with Crippen molar-refractivity contribution in [3.8, 4) is 28.0 Å². The Kier molecular flexibility index (Phi) is 8.50. The van der Waals surface area contributed by atoms with Crippen LogP contribution in [0.1, 0.15) is 37.0 Å². The van der Waals surface area contributed by atoms with Gasteiger partial charge in [-0.1, -0.05) is 83.9 Å². The van der Waals surface area contributed by atoms with Crippen LogP contribution in [0.5, 0.6) is 5.75 Å². The second-order valence-corrected chi connectivity index (χ2v) is 11.5. The van der Waals surface area contributed by atoms with Gasteiger partial charge in [0.25, 0.3) is 0 Å². The Morgan fingerprint density at radius 2 is 1.61 bits per heavy atom. The number of methoxy groups -OCH3 is 1. The fraction of sp³-hybridized carbons (Fsp3) is 0.188. The van der Waals surface area contributed by atoms with Crippen molar-refractivity contribution in [3.05, 3.63) is 106 Å². The van der Waals surface area contributed by atoms with Gasteiger partial charge in [-0.2, -0.15) is 0 Å². The molecule has 0 unspecified atom stereocenters. The summed E-state index contributed by atoms with van der Waals surface area (Å²) in [6.07, 6.45) is 0.177. The van der Waals surface area contributed by atoms with Gasteiger partial charge in [0, 0.05) is 26.1 Å². The molecule has 0 saturated heterocycles. The van der Waals surface area contributed by atoms with E-state index in [1.165, 1.54) is 0 Å². The van der Waals surface area contributed by atoms with E-state index < -0.39 is 23.6 Å². The minimum absolute atomic E-state index is 0.523. The molecule has 4 aromatic rings. The fourth-order valence-electron chi connectivity index (χ4n) is 4.79. The topological polar surface area (TPSA) is 84.9 Å². The number of carbonyl (C=O) groups excluding carboxylic acids is 1. The van der Waals surface area contributed by atoms with Gasteiger partial charge in [-0.05, 0) is 78.2 Å². The molecular formula is C32H27Cl2NO5S. The summed E-state index contributed by atoms with van der Waals surface area (Å²) in [5, 5.41) is 10.7. The van der Waals surface area contributed by atoms with Gasteiger partial charge in [0.1, 0.15) is 11.9 Å². The lowest BCUT2D eigenvalue weighted by atomic mass is 9.93. The summed E-state index contributed by atoms with van der Waals surface area (Å²) in [5.74, 6) is -0.122. The van der Waals surface area contributed by atoms with Crippen molar-refractivity contribution in [2.45, 2.75) is 36.2 Å². The first-order chi connectivity index (χ1) is 19.7. The van der Waals surface area contributed by atoms with Gasteiger partial charge in [-0.15, -0.1) is 0 Å². The molecule has 0 bridgehead atoms. The third-order valence-corrected chi connectivity index (χ3v) is 8.64. The molecule has 1 saturated carbocycles. The number of carboxylic acid groups (broad SMARTS) is 1. The molecule has 0 heterocycles. The maximum atomic E-state index is 12.6. The normalized spacial score (nSPS) is 14.1. The minimum atomic E-state index is -0.776. The largest absolute Gasteiger partial charge is 0.496 e. The van der Waals surface area contributed by atoms with E-state index in [-0.39, 0.29) is 0 Å². The molecule has 2 N–H and O–H groups in total. The number of nitrogens with one attached hydrogen (secondary N) is 1. The molecule has 0 aromatic heterocycles. The van der Waals surface area contributed by atoms with Crippen molar-refractivity contribution in [1.29, 1.82) is 0 Å². The molecule has 1 aliphatic carbocycles. The van der Waals surface area contributed by atoms with Crippen molar-refractivity contribution in [2.75, 3.05) is 7.11 Å². The number of carboxylic acids is 1. The third kappa shape index (κ3) is 6.17. The quantitative estimate of drug-likeness (QED) is 0.185. The van der Waals surface area contributed by atoms with Gasteiger partial charge in [-0.3, -0.25) is 9.52 Å². The second-order valence-electron chi connectivity index (χ2n) is 9.79. The molecule has 210 valence electrons. The highest BCUT2D eigenvalue weighted by Crippen LogP contribution is 2.49. The molecule has 9 heteroatoms. The molecule has 0 spiro atoms. The van der Waals surface area contributed by atoms with Gasteiger partial charge >= 0.3 is 12.1 Å². The van der Waals surface area contributed by atoms with Crippen LogP contribution in [0.15, 0.2) is 89.8 Å². The number of benzene rings is 4. The predicted octanol–water partition coefficient (Wildman–Crippen LogP) is 8.95. The van der Waals surface area contributed by atoms with Gasteiger partial charge in [-0.25, -0.2) is 4.79 Å². The Morgan fingerprint density at radius 3 is 2.27 bits per heavy atom. The lowest BCUT2D eigenvalue weighted by Gasteiger charge is -2.17. The number of aliphatic carboxylic acids is 1. The van der Waals surface area contributed by atoms with Crippen LogP contribution < -0.4 is 9.46 Å². The summed E-state index contributed by atoms with van der Waals surface area (Å²) in [6.45, 7) is 1.76. The van der Waals surface area contributed by atoms with Crippen LogP contribution in [-0.4, -0.2) is 24.3 Å². The Labute approximate surface area is 252 Å². The second kappa shape index (κ2) is 12.1.